The van der Waals surface area contributed by atoms with Crippen molar-refractivity contribution in [2.45, 2.75) is 32.7 Å². The van der Waals surface area contributed by atoms with Gasteiger partial charge in [-0.15, -0.1) is 0 Å². The third-order valence-corrected chi connectivity index (χ3v) is 4.04. The molecule has 0 atom stereocenters. The molecule has 2 N–H and O–H groups in total. The molecule has 3 heteroatoms. The summed E-state index contributed by atoms with van der Waals surface area (Å²) in [6.45, 7) is 3.87. The lowest BCUT2D eigenvalue weighted by Crippen LogP contribution is -2.10. The number of nitrogens with two attached hydrogens (primary N) is 1. The Kier molecular flexibility index (Phi) is 4.54. The largest absolute Gasteiger partial charge is 0.330 e. The minimum atomic E-state index is 0.640. The van der Waals surface area contributed by atoms with E-state index in [4.69, 9.17) is 10.7 Å². The summed E-state index contributed by atoms with van der Waals surface area (Å²) in [6.07, 6.45) is 3.18. The quantitative estimate of drug-likeness (QED) is 0.746. The topological polar surface area (TPSA) is 43.8 Å². The van der Waals surface area contributed by atoms with Gasteiger partial charge in [0.1, 0.15) is 5.82 Å². The number of fused-ring (bicyclic) bond motifs is 1. The Balaban J connectivity index is 2.09. The van der Waals surface area contributed by atoms with E-state index in [0.29, 0.717) is 6.54 Å². The number of benzene rings is 2. The Morgan fingerprint density at radius 2 is 1.86 bits per heavy atom. The minimum absolute atomic E-state index is 0.640. The van der Waals surface area contributed by atoms with Crippen LogP contribution in [0.4, 0.5) is 0 Å². The van der Waals surface area contributed by atoms with E-state index >= 15 is 0 Å². The van der Waals surface area contributed by atoms with Crippen molar-refractivity contribution in [3.05, 3.63) is 54.4 Å². The van der Waals surface area contributed by atoms with Gasteiger partial charge < -0.3 is 10.3 Å². The summed E-state index contributed by atoms with van der Waals surface area (Å²) in [5.41, 5.74) is 10.5. The van der Waals surface area contributed by atoms with Gasteiger partial charge in [0.05, 0.1) is 11.0 Å². The normalized spacial score (nSPS) is 11.2. The van der Waals surface area contributed by atoms with Crippen LogP contribution in [0.3, 0.4) is 0 Å². The third kappa shape index (κ3) is 2.90. The summed E-state index contributed by atoms with van der Waals surface area (Å²) in [6, 6.07) is 17.0. The first-order valence-corrected chi connectivity index (χ1v) is 8.08. The number of rotatable bonds is 6. The van der Waals surface area contributed by atoms with E-state index in [9.17, 15) is 0 Å². The molecule has 3 rings (SSSR count). The van der Waals surface area contributed by atoms with Crippen molar-refractivity contribution in [1.29, 1.82) is 0 Å². The highest BCUT2D eigenvalue weighted by atomic mass is 15.1. The molecule has 0 saturated heterocycles. The number of unbranched alkanes of at least 4 members (excludes halogenated alkanes) is 1. The van der Waals surface area contributed by atoms with Gasteiger partial charge in [-0.05, 0) is 36.2 Å². The summed E-state index contributed by atoms with van der Waals surface area (Å²) >= 11 is 0. The summed E-state index contributed by atoms with van der Waals surface area (Å²) < 4.78 is 2.35. The summed E-state index contributed by atoms with van der Waals surface area (Å²) in [5, 5.41) is 0. The smallest absolute Gasteiger partial charge is 0.111 e. The molecule has 1 aromatic heterocycles. The molecule has 114 valence electrons. The molecule has 2 aromatic carbocycles. The molecule has 0 unspecified atom stereocenters. The Morgan fingerprint density at radius 3 is 2.59 bits per heavy atom. The zero-order valence-electron chi connectivity index (χ0n) is 13.1. The van der Waals surface area contributed by atoms with Crippen molar-refractivity contribution >= 4 is 11.0 Å². The Bertz CT molecular complexity index is 744. The second kappa shape index (κ2) is 6.75. The molecule has 0 spiro atoms. The molecule has 22 heavy (non-hydrogen) atoms. The fraction of sp³-hybridized carbons (Fsp3) is 0.316. The zero-order chi connectivity index (χ0) is 15.4. The van der Waals surface area contributed by atoms with Gasteiger partial charge in [0, 0.05) is 13.0 Å². The van der Waals surface area contributed by atoms with E-state index in [0.717, 1.165) is 24.3 Å². The molecule has 0 aliphatic rings. The van der Waals surface area contributed by atoms with Crippen molar-refractivity contribution in [2.24, 2.45) is 5.73 Å². The maximum absolute atomic E-state index is 5.75. The first-order chi connectivity index (χ1) is 10.8. The summed E-state index contributed by atoms with van der Waals surface area (Å²) in [5.74, 6) is 1.11. The standard InChI is InChI=1S/C19H23N3/c1-2-3-13-22-18-14-16(15-7-5-4-6-8-15)9-10-17(18)21-19(22)11-12-20/h4-10,14H,2-3,11-13,20H2,1H3. The van der Waals surface area contributed by atoms with Crippen LogP contribution in [-0.2, 0) is 13.0 Å². The van der Waals surface area contributed by atoms with Crippen LogP contribution in [0.25, 0.3) is 22.2 Å². The lowest BCUT2D eigenvalue weighted by atomic mass is 10.1. The van der Waals surface area contributed by atoms with Crippen molar-refractivity contribution < 1.29 is 0 Å². The molecule has 0 radical (unpaired) electrons. The maximum Gasteiger partial charge on any atom is 0.111 e. The van der Waals surface area contributed by atoms with E-state index in [-0.39, 0.29) is 0 Å². The number of aryl methyl sites for hydroxylation is 1. The van der Waals surface area contributed by atoms with Crippen molar-refractivity contribution in [1.82, 2.24) is 9.55 Å². The van der Waals surface area contributed by atoms with Crippen LogP contribution in [0, 0.1) is 0 Å². The molecule has 1 heterocycles. The number of hydrogen-bond donors (Lipinski definition) is 1. The highest BCUT2D eigenvalue weighted by Crippen LogP contribution is 2.25. The van der Waals surface area contributed by atoms with Gasteiger partial charge in [-0.1, -0.05) is 49.7 Å². The predicted octanol–water partition coefficient (Wildman–Crippen LogP) is 4.00. The van der Waals surface area contributed by atoms with E-state index in [2.05, 4.69) is 54.0 Å². The van der Waals surface area contributed by atoms with Crippen molar-refractivity contribution in [2.75, 3.05) is 6.54 Å². The van der Waals surface area contributed by atoms with E-state index in [1.165, 1.54) is 29.5 Å². The summed E-state index contributed by atoms with van der Waals surface area (Å²) in [7, 11) is 0. The highest BCUT2D eigenvalue weighted by Gasteiger charge is 2.11. The molecule has 0 aliphatic heterocycles. The number of nitrogens with zero attached hydrogens (tertiary/aromatic N) is 2. The second-order valence-corrected chi connectivity index (χ2v) is 5.64. The van der Waals surface area contributed by atoms with Crippen molar-refractivity contribution in [3.63, 3.8) is 0 Å². The SMILES string of the molecule is CCCCn1c(CCN)nc2ccc(-c3ccccc3)cc21. The average Bonchev–Trinajstić information content (AvgIpc) is 2.90. The van der Waals surface area contributed by atoms with Gasteiger partial charge in [0.2, 0.25) is 0 Å². The monoisotopic (exact) mass is 293 g/mol. The molecule has 0 saturated carbocycles. The third-order valence-electron chi connectivity index (χ3n) is 4.04. The lowest BCUT2D eigenvalue weighted by molar-refractivity contribution is 0.615. The molecule has 0 fully saturated rings. The fourth-order valence-corrected chi connectivity index (χ4v) is 2.87. The zero-order valence-corrected chi connectivity index (χ0v) is 13.1. The van der Waals surface area contributed by atoms with Crippen molar-refractivity contribution in [3.8, 4) is 11.1 Å². The van der Waals surface area contributed by atoms with Gasteiger partial charge in [-0.3, -0.25) is 0 Å². The Morgan fingerprint density at radius 1 is 1.05 bits per heavy atom. The number of imidazole rings is 1. The van der Waals surface area contributed by atoms with Gasteiger partial charge in [0.25, 0.3) is 0 Å². The van der Waals surface area contributed by atoms with E-state index in [1.807, 2.05) is 6.07 Å². The Labute approximate surface area is 131 Å². The van der Waals surface area contributed by atoms with Crippen LogP contribution in [0.15, 0.2) is 48.5 Å². The van der Waals surface area contributed by atoms with Crippen LogP contribution in [-0.4, -0.2) is 16.1 Å². The van der Waals surface area contributed by atoms with E-state index < -0.39 is 0 Å². The molecular formula is C19H23N3. The van der Waals surface area contributed by atoms with Gasteiger partial charge >= 0.3 is 0 Å². The van der Waals surface area contributed by atoms with Crippen LogP contribution < -0.4 is 5.73 Å². The molecule has 3 aromatic rings. The first-order valence-electron chi connectivity index (χ1n) is 8.08. The maximum atomic E-state index is 5.75. The van der Waals surface area contributed by atoms with Gasteiger partial charge in [-0.25, -0.2) is 4.98 Å². The molecule has 3 nitrogen and oxygen atoms in total. The van der Waals surface area contributed by atoms with Crippen LogP contribution in [0.1, 0.15) is 25.6 Å². The predicted molar refractivity (Wildman–Crippen MR) is 92.8 cm³/mol. The van der Waals surface area contributed by atoms with Crippen LogP contribution >= 0.6 is 0 Å². The summed E-state index contributed by atoms with van der Waals surface area (Å²) in [4.78, 5) is 4.77. The fourth-order valence-electron chi connectivity index (χ4n) is 2.87. The minimum Gasteiger partial charge on any atom is -0.330 e. The molecule has 0 bridgehead atoms. The van der Waals surface area contributed by atoms with Gasteiger partial charge in [-0.2, -0.15) is 0 Å². The average molecular weight is 293 g/mol. The second-order valence-electron chi connectivity index (χ2n) is 5.64. The number of hydrogen-bond acceptors (Lipinski definition) is 2. The molecule has 0 amide bonds. The first kappa shape index (κ1) is 14.8. The number of aromatic nitrogens is 2. The lowest BCUT2D eigenvalue weighted by Gasteiger charge is -2.09. The highest BCUT2D eigenvalue weighted by molar-refractivity contribution is 5.82. The molecular weight excluding hydrogens is 270 g/mol. The van der Waals surface area contributed by atoms with E-state index in [1.54, 1.807) is 0 Å². The molecule has 0 aliphatic carbocycles. The Hall–Kier alpha value is -2.13. The van der Waals surface area contributed by atoms with Crippen LogP contribution in [0.2, 0.25) is 0 Å². The van der Waals surface area contributed by atoms with Crippen LogP contribution in [0.5, 0.6) is 0 Å². The van der Waals surface area contributed by atoms with Gasteiger partial charge in [0.15, 0.2) is 0 Å².